The fraction of sp³-hybridized carbons (Fsp3) is 0.312. The van der Waals surface area contributed by atoms with Crippen LogP contribution < -0.4 is 10.2 Å². The SMILES string of the molecule is Cc1ccc(NC(=S)N2CCN(c3ncccn3)CC2)c(Cl)c1. The van der Waals surface area contributed by atoms with E-state index in [0.717, 1.165) is 43.4 Å². The summed E-state index contributed by atoms with van der Waals surface area (Å²) in [6.45, 7) is 5.35. The summed E-state index contributed by atoms with van der Waals surface area (Å²) in [5, 5.41) is 4.62. The second-order valence-electron chi connectivity index (χ2n) is 5.44. The van der Waals surface area contributed by atoms with Gasteiger partial charge in [-0.2, -0.15) is 0 Å². The normalized spacial score (nSPS) is 14.7. The Morgan fingerprint density at radius 3 is 2.52 bits per heavy atom. The summed E-state index contributed by atoms with van der Waals surface area (Å²) in [7, 11) is 0. The van der Waals surface area contributed by atoms with Crippen LogP contribution in [0.4, 0.5) is 11.6 Å². The van der Waals surface area contributed by atoms with Crippen LogP contribution >= 0.6 is 23.8 Å². The van der Waals surface area contributed by atoms with Crippen LogP contribution in [0.25, 0.3) is 0 Å². The van der Waals surface area contributed by atoms with E-state index in [-0.39, 0.29) is 0 Å². The highest BCUT2D eigenvalue weighted by Crippen LogP contribution is 2.23. The molecule has 5 nitrogen and oxygen atoms in total. The average Bonchev–Trinajstić information content (AvgIpc) is 2.58. The lowest BCUT2D eigenvalue weighted by molar-refractivity contribution is 0.388. The Morgan fingerprint density at radius 1 is 1.17 bits per heavy atom. The van der Waals surface area contributed by atoms with Crippen molar-refractivity contribution < 1.29 is 0 Å². The molecule has 7 heteroatoms. The Hall–Kier alpha value is -1.92. The van der Waals surface area contributed by atoms with Crippen LogP contribution in [-0.2, 0) is 0 Å². The van der Waals surface area contributed by atoms with E-state index < -0.39 is 0 Å². The summed E-state index contributed by atoms with van der Waals surface area (Å²) < 4.78 is 0. The van der Waals surface area contributed by atoms with E-state index in [1.54, 1.807) is 12.4 Å². The summed E-state index contributed by atoms with van der Waals surface area (Å²) in [4.78, 5) is 12.9. The summed E-state index contributed by atoms with van der Waals surface area (Å²) >= 11 is 11.8. The molecule has 0 aliphatic carbocycles. The number of anilines is 2. The molecule has 0 bridgehead atoms. The third-order valence-electron chi connectivity index (χ3n) is 3.77. The van der Waals surface area contributed by atoms with Crippen molar-refractivity contribution in [3.8, 4) is 0 Å². The standard InChI is InChI=1S/C16H18ClN5S/c1-12-3-4-14(13(17)11-12)20-16(23)22-9-7-21(8-10-22)15-18-5-2-6-19-15/h2-6,11H,7-10H2,1H3,(H,20,23). The van der Waals surface area contributed by atoms with Crippen molar-refractivity contribution in [3.63, 3.8) is 0 Å². The molecule has 0 spiro atoms. The smallest absolute Gasteiger partial charge is 0.225 e. The Morgan fingerprint density at radius 2 is 1.87 bits per heavy atom. The lowest BCUT2D eigenvalue weighted by Crippen LogP contribution is -2.50. The van der Waals surface area contributed by atoms with Gasteiger partial charge in [0.25, 0.3) is 0 Å². The maximum atomic E-state index is 6.25. The Bertz CT molecular complexity index is 686. The predicted octanol–water partition coefficient (Wildman–Crippen LogP) is 2.96. The minimum atomic E-state index is 0.684. The van der Waals surface area contributed by atoms with Gasteiger partial charge in [0.05, 0.1) is 10.7 Å². The summed E-state index contributed by atoms with van der Waals surface area (Å²) in [5.41, 5.74) is 1.97. The van der Waals surface area contributed by atoms with Crippen LogP contribution in [0.5, 0.6) is 0 Å². The van der Waals surface area contributed by atoms with Crippen molar-refractivity contribution in [3.05, 3.63) is 47.2 Å². The Balaban J connectivity index is 1.58. The molecule has 1 aromatic carbocycles. The first-order valence-electron chi connectivity index (χ1n) is 7.47. The number of hydrogen-bond acceptors (Lipinski definition) is 4. The van der Waals surface area contributed by atoms with E-state index in [0.29, 0.717) is 10.1 Å². The number of nitrogens with zero attached hydrogens (tertiary/aromatic N) is 4. The van der Waals surface area contributed by atoms with Gasteiger partial charge >= 0.3 is 0 Å². The van der Waals surface area contributed by atoms with Crippen LogP contribution in [0.15, 0.2) is 36.7 Å². The van der Waals surface area contributed by atoms with E-state index >= 15 is 0 Å². The molecule has 120 valence electrons. The molecule has 1 aliphatic rings. The van der Waals surface area contributed by atoms with Crippen LogP contribution in [0.3, 0.4) is 0 Å². The molecule has 0 saturated carbocycles. The van der Waals surface area contributed by atoms with E-state index in [1.807, 2.05) is 31.2 Å². The Labute approximate surface area is 146 Å². The van der Waals surface area contributed by atoms with Gasteiger partial charge < -0.3 is 15.1 Å². The van der Waals surface area contributed by atoms with Gasteiger partial charge in [-0.15, -0.1) is 0 Å². The number of piperazine rings is 1. The Kier molecular flexibility index (Phi) is 4.93. The minimum absolute atomic E-state index is 0.684. The fourth-order valence-corrected chi connectivity index (χ4v) is 3.05. The van der Waals surface area contributed by atoms with Crippen molar-refractivity contribution in [2.45, 2.75) is 6.92 Å². The molecule has 3 rings (SSSR count). The quantitative estimate of drug-likeness (QED) is 0.843. The van der Waals surface area contributed by atoms with Crippen molar-refractivity contribution in [2.24, 2.45) is 0 Å². The van der Waals surface area contributed by atoms with E-state index in [9.17, 15) is 0 Å². The summed E-state index contributed by atoms with van der Waals surface area (Å²) in [6, 6.07) is 7.72. The number of nitrogens with one attached hydrogen (secondary N) is 1. The van der Waals surface area contributed by atoms with Crippen LogP contribution in [0, 0.1) is 6.92 Å². The first-order chi connectivity index (χ1) is 11.1. The molecule has 2 heterocycles. The van der Waals surface area contributed by atoms with Gasteiger partial charge in [-0.3, -0.25) is 0 Å². The molecule has 0 unspecified atom stereocenters. The molecular weight excluding hydrogens is 330 g/mol. The molecule has 1 fully saturated rings. The highest BCUT2D eigenvalue weighted by atomic mass is 35.5. The highest BCUT2D eigenvalue weighted by molar-refractivity contribution is 7.80. The molecule has 1 aromatic heterocycles. The first-order valence-corrected chi connectivity index (χ1v) is 8.26. The van der Waals surface area contributed by atoms with Crippen LogP contribution in [-0.4, -0.2) is 46.2 Å². The lowest BCUT2D eigenvalue weighted by Gasteiger charge is -2.36. The molecule has 0 radical (unpaired) electrons. The zero-order valence-electron chi connectivity index (χ0n) is 12.9. The summed E-state index contributed by atoms with van der Waals surface area (Å²) in [5.74, 6) is 0.771. The number of thiocarbonyl (C=S) groups is 1. The fourth-order valence-electron chi connectivity index (χ4n) is 2.48. The van der Waals surface area contributed by atoms with Crippen LogP contribution in [0.2, 0.25) is 5.02 Å². The molecule has 0 amide bonds. The first kappa shape index (κ1) is 16.0. The third kappa shape index (κ3) is 3.89. The molecule has 23 heavy (non-hydrogen) atoms. The van der Waals surface area contributed by atoms with Crippen molar-refractivity contribution in [2.75, 3.05) is 36.4 Å². The van der Waals surface area contributed by atoms with E-state index in [4.69, 9.17) is 23.8 Å². The maximum absolute atomic E-state index is 6.25. The monoisotopic (exact) mass is 347 g/mol. The van der Waals surface area contributed by atoms with Gasteiger partial charge in [0.1, 0.15) is 0 Å². The van der Waals surface area contributed by atoms with Crippen molar-refractivity contribution >= 4 is 40.6 Å². The number of aryl methyl sites for hydroxylation is 1. The van der Waals surface area contributed by atoms with Crippen LogP contribution in [0.1, 0.15) is 5.56 Å². The van der Waals surface area contributed by atoms with Gasteiger partial charge in [0.15, 0.2) is 5.11 Å². The molecule has 1 N–H and O–H groups in total. The summed E-state index contributed by atoms with van der Waals surface area (Å²) in [6.07, 6.45) is 3.53. The van der Waals surface area contributed by atoms with E-state index in [2.05, 4.69) is 25.1 Å². The van der Waals surface area contributed by atoms with Gasteiger partial charge in [-0.25, -0.2) is 9.97 Å². The van der Waals surface area contributed by atoms with Gasteiger partial charge in [-0.1, -0.05) is 17.7 Å². The number of rotatable bonds is 2. The largest absolute Gasteiger partial charge is 0.345 e. The van der Waals surface area contributed by atoms with Crippen molar-refractivity contribution in [1.82, 2.24) is 14.9 Å². The van der Waals surface area contributed by atoms with Gasteiger partial charge in [0.2, 0.25) is 5.95 Å². The zero-order chi connectivity index (χ0) is 16.2. The molecule has 2 aromatic rings. The number of halogens is 1. The van der Waals surface area contributed by atoms with Crippen molar-refractivity contribution in [1.29, 1.82) is 0 Å². The molecule has 0 atom stereocenters. The molecule has 1 aliphatic heterocycles. The second kappa shape index (κ2) is 7.10. The van der Waals surface area contributed by atoms with Gasteiger partial charge in [-0.05, 0) is 42.9 Å². The second-order valence-corrected chi connectivity index (χ2v) is 6.23. The highest BCUT2D eigenvalue weighted by Gasteiger charge is 2.20. The lowest BCUT2D eigenvalue weighted by atomic mass is 10.2. The molecule has 1 saturated heterocycles. The molecular formula is C16H18ClN5S. The average molecular weight is 348 g/mol. The number of aromatic nitrogens is 2. The minimum Gasteiger partial charge on any atom is -0.345 e. The number of hydrogen-bond donors (Lipinski definition) is 1. The van der Waals surface area contributed by atoms with Gasteiger partial charge in [0, 0.05) is 38.6 Å². The van der Waals surface area contributed by atoms with E-state index in [1.165, 1.54) is 0 Å². The maximum Gasteiger partial charge on any atom is 0.225 e. The number of benzene rings is 1. The topological polar surface area (TPSA) is 44.3 Å². The zero-order valence-corrected chi connectivity index (χ0v) is 14.4. The predicted molar refractivity (Wildman–Crippen MR) is 98.2 cm³/mol. The third-order valence-corrected chi connectivity index (χ3v) is 4.44.